The van der Waals surface area contributed by atoms with Crippen molar-refractivity contribution in [3.63, 3.8) is 0 Å². The van der Waals surface area contributed by atoms with Crippen LogP contribution in [0, 0.1) is 18.7 Å². The Balaban J connectivity index is 1.25. The summed E-state index contributed by atoms with van der Waals surface area (Å²) in [5, 5.41) is 14.2. The summed E-state index contributed by atoms with van der Waals surface area (Å²) in [6.07, 6.45) is 3.59. The largest absolute Gasteiger partial charge is 0.457 e. The number of halogens is 1. The van der Waals surface area contributed by atoms with Gasteiger partial charge in [0.05, 0.1) is 16.7 Å². The van der Waals surface area contributed by atoms with Crippen LogP contribution in [0.5, 0.6) is 11.5 Å². The van der Waals surface area contributed by atoms with Gasteiger partial charge in [0.15, 0.2) is 11.6 Å². The number of aromatic nitrogens is 6. The second-order valence-corrected chi connectivity index (χ2v) is 10.4. The van der Waals surface area contributed by atoms with Crippen LogP contribution in [0.4, 0.5) is 21.7 Å². The number of hydrogen-bond acceptors (Lipinski definition) is 9. The first-order valence-corrected chi connectivity index (χ1v) is 13.6. The number of anilines is 3. The molecule has 42 heavy (non-hydrogen) atoms. The molecule has 4 heterocycles. The van der Waals surface area contributed by atoms with Gasteiger partial charge in [-0.25, -0.2) is 24.0 Å². The molecule has 2 N–H and O–H groups in total. The van der Waals surface area contributed by atoms with Gasteiger partial charge >= 0.3 is 0 Å². The van der Waals surface area contributed by atoms with E-state index in [2.05, 4.69) is 49.3 Å². The summed E-state index contributed by atoms with van der Waals surface area (Å²) in [4.78, 5) is 27.6. The lowest BCUT2D eigenvalue weighted by molar-refractivity contribution is -0.117. The fourth-order valence-corrected chi connectivity index (χ4v) is 5.12. The van der Waals surface area contributed by atoms with Gasteiger partial charge in [0, 0.05) is 37.8 Å². The molecule has 12 heteroatoms. The summed E-state index contributed by atoms with van der Waals surface area (Å²) in [7, 11) is 1.81. The number of benzene rings is 2. The number of pyridine rings is 1. The summed E-state index contributed by atoms with van der Waals surface area (Å²) in [6, 6.07) is 12.5. The van der Waals surface area contributed by atoms with E-state index in [1.165, 1.54) is 12.4 Å². The lowest BCUT2D eigenvalue weighted by atomic mass is 9.93. The Morgan fingerprint density at radius 2 is 2.02 bits per heavy atom. The molecule has 1 fully saturated rings. The van der Waals surface area contributed by atoms with Crippen molar-refractivity contribution in [2.24, 2.45) is 13.0 Å². The fourth-order valence-electron chi connectivity index (χ4n) is 5.12. The van der Waals surface area contributed by atoms with Gasteiger partial charge in [-0.3, -0.25) is 4.79 Å². The predicted octanol–water partition coefficient (Wildman–Crippen LogP) is 4.81. The lowest BCUT2D eigenvalue weighted by Crippen LogP contribution is -2.51. The van der Waals surface area contributed by atoms with Gasteiger partial charge in [-0.1, -0.05) is 18.7 Å². The second-order valence-electron chi connectivity index (χ2n) is 10.4. The number of carbonyl (C=O) groups is 1. The molecule has 0 radical (unpaired) electrons. The molecular weight excluding hydrogens is 537 g/mol. The van der Waals surface area contributed by atoms with E-state index in [-0.39, 0.29) is 17.6 Å². The maximum atomic E-state index is 15.6. The highest BCUT2D eigenvalue weighted by atomic mass is 19.1. The Kier molecular flexibility index (Phi) is 7.11. The Morgan fingerprint density at radius 3 is 2.86 bits per heavy atom. The van der Waals surface area contributed by atoms with Gasteiger partial charge < -0.3 is 20.3 Å². The smallest absolute Gasteiger partial charge is 0.243 e. The number of ether oxygens (including phenoxy) is 1. The molecule has 11 nitrogen and oxygen atoms in total. The van der Waals surface area contributed by atoms with Crippen molar-refractivity contribution >= 4 is 45.3 Å². The van der Waals surface area contributed by atoms with E-state index in [4.69, 9.17) is 9.72 Å². The molecule has 0 spiro atoms. The van der Waals surface area contributed by atoms with E-state index in [0.29, 0.717) is 51.9 Å². The van der Waals surface area contributed by atoms with Gasteiger partial charge in [0.1, 0.15) is 34.7 Å². The summed E-state index contributed by atoms with van der Waals surface area (Å²) < 4.78 is 23.3. The molecule has 214 valence electrons. The van der Waals surface area contributed by atoms with Crippen LogP contribution in [0.3, 0.4) is 0 Å². The van der Waals surface area contributed by atoms with Crippen LogP contribution in [0.1, 0.15) is 18.9 Å². The maximum Gasteiger partial charge on any atom is 0.243 e. The SMILES string of the molecule is C=CC(=O)N[C@@H]1CN(c2ccc3ncnc(Nc4ccc(Oc5ccc6c(c5)nnn6C)c(C)c4F)c3n2)CC[C@H]1C. The Labute approximate surface area is 241 Å². The predicted molar refractivity (Wildman–Crippen MR) is 158 cm³/mol. The maximum absolute atomic E-state index is 15.6. The number of nitrogens with zero attached hydrogens (tertiary/aromatic N) is 7. The molecule has 0 aliphatic carbocycles. The average molecular weight is 568 g/mol. The topological polar surface area (TPSA) is 123 Å². The molecular formula is C30H30FN9O2. The first kappa shape index (κ1) is 27.1. The molecule has 6 rings (SSSR count). The first-order valence-electron chi connectivity index (χ1n) is 13.6. The van der Waals surface area contributed by atoms with E-state index in [0.717, 1.165) is 24.3 Å². The van der Waals surface area contributed by atoms with Crippen LogP contribution >= 0.6 is 0 Å². The zero-order valence-corrected chi connectivity index (χ0v) is 23.5. The van der Waals surface area contributed by atoms with Gasteiger partial charge in [-0.2, -0.15) is 0 Å². The molecule has 5 aromatic rings. The third-order valence-electron chi connectivity index (χ3n) is 7.66. The average Bonchev–Trinajstić information content (AvgIpc) is 3.37. The third-order valence-corrected chi connectivity index (χ3v) is 7.66. The zero-order chi connectivity index (χ0) is 29.4. The summed E-state index contributed by atoms with van der Waals surface area (Å²) in [5.41, 5.74) is 3.25. The highest BCUT2D eigenvalue weighted by Gasteiger charge is 2.28. The highest BCUT2D eigenvalue weighted by molar-refractivity contribution is 5.89. The van der Waals surface area contributed by atoms with Crippen molar-refractivity contribution < 1.29 is 13.9 Å². The monoisotopic (exact) mass is 567 g/mol. The zero-order valence-electron chi connectivity index (χ0n) is 23.5. The van der Waals surface area contributed by atoms with E-state index < -0.39 is 5.82 Å². The minimum atomic E-state index is -0.471. The first-order chi connectivity index (χ1) is 20.3. The summed E-state index contributed by atoms with van der Waals surface area (Å²) in [5.74, 6) is 1.67. The van der Waals surface area contributed by atoms with Gasteiger partial charge in [-0.15, -0.1) is 5.10 Å². The standard InChI is InChI=1S/C30H30FN9O2/c1-5-27(41)34-23-15-40(13-12-17(23)2)26-11-8-21-29(36-26)30(33-16-32-21)35-20-7-10-25(18(3)28(20)31)42-19-6-9-24-22(14-19)37-38-39(24)4/h5-11,14,16-17,23H,1,12-13,15H2,2-4H3,(H,34,41)(H,32,33,35)/t17-,23-/m1/s1. The number of fused-ring (bicyclic) bond motifs is 2. The summed E-state index contributed by atoms with van der Waals surface area (Å²) in [6.45, 7) is 8.73. The number of amides is 1. The summed E-state index contributed by atoms with van der Waals surface area (Å²) >= 11 is 0. The Bertz CT molecular complexity index is 1820. The van der Waals surface area contributed by atoms with Crippen molar-refractivity contribution in [1.82, 2.24) is 35.3 Å². The number of piperidine rings is 1. The Hall–Kier alpha value is -5.13. The minimum Gasteiger partial charge on any atom is -0.457 e. The van der Waals surface area contributed by atoms with Gasteiger partial charge in [0.2, 0.25) is 5.91 Å². The second kappa shape index (κ2) is 11.0. The lowest BCUT2D eigenvalue weighted by Gasteiger charge is -2.38. The van der Waals surface area contributed by atoms with Crippen LogP contribution in [-0.2, 0) is 11.8 Å². The third kappa shape index (κ3) is 5.18. The van der Waals surface area contributed by atoms with Crippen LogP contribution in [0.15, 0.2) is 61.4 Å². The van der Waals surface area contributed by atoms with Crippen molar-refractivity contribution in [3.05, 3.63) is 72.8 Å². The van der Waals surface area contributed by atoms with E-state index >= 15 is 4.39 Å². The fraction of sp³-hybridized carbons (Fsp3) is 0.267. The molecule has 3 aromatic heterocycles. The Morgan fingerprint density at radius 1 is 1.17 bits per heavy atom. The van der Waals surface area contributed by atoms with E-state index in [1.807, 2.05) is 25.2 Å². The molecule has 0 bridgehead atoms. The molecule has 2 aromatic carbocycles. The molecule has 1 amide bonds. The van der Waals surface area contributed by atoms with Gasteiger partial charge in [0.25, 0.3) is 0 Å². The van der Waals surface area contributed by atoms with Crippen LogP contribution in [-0.4, -0.2) is 55.0 Å². The number of aryl methyl sites for hydroxylation is 1. The molecule has 2 atom stereocenters. The molecule has 0 unspecified atom stereocenters. The molecule has 1 saturated heterocycles. The van der Waals surface area contributed by atoms with Gasteiger partial charge in [-0.05, 0) is 61.7 Å². The number of carbonyl (C=O) groups excluding carboxylic acids is 1. The molecule has 0 saturated carbocycles. The van der Waals surface area contributed by atoms with Crippen LogP contribution < -0.4 is 20.3 Å². The van der Waals surface area contributed by atoms with Crippen molar-refractivity contribution in [2.45, 2.75) is 26.3 Å². The van der Waals surface area contributed by atoms with Crippen LogP contribution in [0.2, 0.25) is 0 Å². The number of rotatable bonds is 7. The molecule has 1 aliphatic rings. The van der Waals surface area contributed by atoms with Crippen LogP contribution in [0.25, 0.3) is 22.1 Å². The van der Waals surface area contributed by atoms with Crippen molar-refractivity contribution in [1.29, 1.82) is 0 Å². The van der Waals surface area contributed by atoms with Crippen molar-refractivity contribution in [3.8, 4) is 11.5 Å². The minimum absolute atomic E-state index is 0.0355. The quantitative estimate of drug-likeness (QED) is 0.267. The normalized spacial score (nSPS) is 16.9. The highest BCUT2D eigenvalue weighted by Crippen LogP contribution is 2.34. The molecule has 1 aliphatic heterocycles. The number of hydrogen-bond donors (Lipinski definition) is 2. The number of nitrogens with one attached hydrogen (secondary N) is 2. The van der Waals surface area contributed by atoms with E-state index in [9.17, 15) is 4.79 Å². The van der Waals surface area contributed by atoms with E-state index in [1.54, 1.807) is 35.9 Å². The van der Waals surface area contributed by atoms with Crippen molar-refractivity contribution in [2.75, 3.05) is 23.3 Å².